The minimum atomic E-state index is -0.452. The normalized spacial score (nSPS) is 18.5. The standard InChI is InChI=1S/C23H30N4O4/c1-15(2)31-22(28)26-12-16(3)27(23(29)30-4)20-9-8-18(10-21(20)26)19-11-24-25(14-19)13-17-6-5-7-17/h8-11,14-17H,5-7,12-13H2,1-4H3/t16-/m0/s1. The van der Waals surface area contributed by atoms with Gasteiger partial charge in [-0.05, 0) is 57.2 Å². The van der Waals surface area contributed by atoms with E-state index in [1.807, 2.05) is 56.0 Å². The molecule has 4 rings (SSSR count). The van der Waals surface area contributed by atoms with Crippen molar-refractivity contribution in [2.24, 2.45) is 5.92 Å². The molecule has 0 unspecified atom stereocenters. The van der Waals surface area contributed by atoms with Crippen LogP contribution in [0.5, 0.6) is 0 Å². The van der Waals surface area contributed by atoms with Crippen molar-refractivity contribution in [3.8, 4) is 11.1 Å². The molecule has 1 atom stereocenters. The molecule has 0 radical (unpaired) electrons. The number of nitrogens with zero attached hydrogens (tertiary/aromatic N) is 4. The monoisotopic (exact) mass is 426 g/mol. The second kappa shape index (κ2) is 8.61. The van der Waals surface area contributed by atoms with Crippen LogP contribution in [0.1, 0.15) is 40.0 Å². The van der Waals surface area contributed by atoms with Crippen LogP contribution in [0.4, 0.5) is 21.0 Å². The number of carbonyl (C=O) groups excluding carboxylic acids is 2. The molecule has 1 aliphatic heterocycles. The summed E-state index contributed by atoms with van der Waals surface area (Å²) in [5, 5.41) is 4.52. The van der Waals surface area contributed by atoms with E-state index < -0.39 is 12.2 Å². The lowest BCUT2D eigenvalue weighted by molar-refractivity contribution is 0.121. The molecule has 0 spiro atoms. The highest BCUT2D eigenvalue weighted by molar-refractivity contribution is 6.01. The Bertz CT molecular complexity index is 966. The van der Waals surface area contributed by atoms with E-state index in [0.29, 0.717) is 23.8 Å². The summed E-state index contributed by atoms with van der Waals surface area (Å²) in [4.78, 5) is 28.5. The van der Waals surface area contributed by atoms with Gasteiger partial charge in [-0.15, -0.1) is 0 Å². The van der Waals surface area contributed by atoms with E-state index in [0.717, 1.165) is 17.7 Å². The summed E-state index contributed by atoms with van der Waals surface area (Å²) in [5.74, 6) is 0.715. The third-order valence-corrected chi connectivity index (χ3v) is 5.98. The molecule has 0 saturated heterocycles. The van der Waals surface area contributed by atoms with E-state index in [1.54, 1.807) is 9.80 Å². The Hall–Kier alpha value is -3.03. The molecule has 0 N–H and O–H groups in total. The second-order valence-electron chi connectivity index (χ2n) is 8.68. The van der Waals surface area contributed by atoms with Crippen LogP contribution < -0.4 is 9.80 Å². The van der Waals surface area contributed by atoms with Crippen molar-refractivity contribution >= 4 is 23.6 Å². The van der Waals surface area contributed by atoms with Crippen molar-refractivity contribution in [1.82, 2.24) is 9.78 Å². The average Bonchev–Trinajstić information content (AvgIpc) is 3.17. The van der Waals surface area contributed by atoms with Crippen molar-refractivity contribution < 1.29 is 19.1 Å². The molecule has 1 fully saturated rings. The maximum Gasteiger partial charge on any atom is 0.414 e. The summed E-state index contributed by atoms with van der Waals surface area (Å²) in [7, 11) is 1.36. The molecule has 1 aromatic carbocycles. The summed E-state index contributed by atoms with van der Waals surface area (Å²) in [6, 6.07) is 5.47. The Morgan fingerprint density at radius 1 is 1.16 bits per heavy atom. The number of aromatic nitrogens is 2. The van der Waals surface area contributed by atoms with E-state index in [1.165, 1.54) is 26.4 Å². The molecule has 8 nitrogen and oxygen atoms in total. The van der Waals surface area contributed by atoms with E-state index in [4.69, 9.17) is 9.47 Å². The molecule has 2 heterocycles. The van der Waals surface area contributed by atoms with Gasteiger partial charge in [0.05, 0.1) is 43.4 Å². The van der Waals surface area contributed by atoms with Crippen LogP contribution in [0.25, 0.3) is 11.1 Å². The number of benzene rings is 1. The first-order chi connectivity index (χ1) is 14.9. The largest absolute Gasteiger partial charge is 0.452 e. The minimum Gasteiger partial charge on any atom is -0.452 e. The number of anilines is 2. The number of methoxy groups -OCH3 is 1. The van der Waals surface area contributed by atoms with Gasteiger partial charge in [0.2, 0.25) is 0 Å². The SMILES string of the molecule is COC(=O)N1c2ccc(-c3cnn(CC4CCC4)c3)cc2N(C(=O)OC(C)C)C[C@@H]1C. The van der Waals surface area contributed by atoms with Crippen LogP contribution in [0.3, 0.4) is 0 Å². The number of amides is 2. The third kappa shape index (κ3) is 4.24. The summed E-state index contributed by atoms with van der Waals surface area (Å²) in [5.41, 5.74) is 3.15. The zero-order valence-corrected chi connectivity index (χ0v) is 18.6. The number of fused-ring (bicyclic) bond motifs is 1. The van der Waals surface area contributed by atoms with Gasteiger partial charge in [0.15, 0.2) is 0 Å². The van der Waals surface area contributed by atoms with Gasteiger partial charge in [-0.1, -0.05) is 12.5 Å². The first kappa shape index (κ1) is 21.2. The zero-order valence-electron chi connectivity index (χ0n) is 18.6. The number of rotatable bonds is 4. The van der Waals surface area contributed by atoms with Gasteiger partial charge in [0, 0.05) is 18.3 Å². The quantitative estimate of drug-likeness (QED) is 0.710. The molecular weight excluding hydrogens is 396 g/mol. The maximum atomic E-state index is 12.8. The van der Waals surface area contributed by atoms with E-state index in [2.05, 4.69) is 5.10 Å². The predicted octanol–water partition coefficient (Wildman–Crippen LogP) is 4.68. The molecular formula is C23H30N4O4. The molecule has 166 valence electrons. The zero-order chi connectivity index (χ0) is 22.1. The maximum absolute atomic E-state index is 12.8. The van der Waals surface area contributed by atoms with Gasteiger partial charge in [0.25, 0.3) is 0 Å². The van der Waals surface area contributed by atoms with E-state index in [-0.39, 0.29) is 12.1 Å². The Kier molecular flexibility index (Phi) is 5.89. The Morgan fingerprint density at radius 2 is 1.94 bits per heavy atom. The van der Waals surface area contributed by atoms with Crippen LogP contribution in [0.2, 0.25) is 0 Å². The van der Waals surface area contributed by atoms with Gasteiger partial charge in [-0.25, -0.2) is 9.59 Å². The molecule has 2 aliphatic rings. The van der Waals surface area contributed by atoms with Crippen LogP contribution in [-0.4, -0.2) is 47.8 Å². The molecule has 2 aromatic rings. The Labute approximate surface area is 182 Å². The van der Waals surface area contributed by atoms with Crippen molar-refractivity contribution in [3.05, 3.63) is 30.6 Å². The molecule has 31 heavy (non-hydrogen) atoms. The third-order valence-electron chi connectivity index (χ3n) is 5.98. The summed E-state index contributed by atoms with van der Waals surface area (Å²) >= 11 is 0. The van der Waals surface area contributed by atoms with Gasteiger partial charge in [-0.3, -0.25) is 14.5 Å². The first-order valence-electron chi connectivity index (χ1n) is 10.9. The number of hydrogen-bond donors (Lipinski definition) is 0. The smallest absolute Gasteiger partial charge is 0.414 e. The highest BCUT2D eigenvalue weighted by atomic mass is 16.6. The number of carbonyl (C=O) groups is 2. The van der Waals surface area contributed by atoms with Crippen LogP contribution in [-0.2, 0) is 16.0 Å². The summed E-state index contributed by atoms with van der Waals surface area (Å²) in [6.07, 6.45) is 6.61. The van der Waals surface area contributed by atoms with Crippen molar-refractivity contribution in [1.29, 1.82) is 0 Å². The summed E-state index contributed by atoms with van der Waals surface area (Å²) in [6.45, 7) is 6.77. The highest BCUT2D eigenvalue weighted by Crippen LogP contribution is 2.39. The fraction of sp³-hybridized carbons (Fsp3) is 0.522. The lowest BCUT2D eigenvalue weighted by Crippen LogP contribution is -2.52. The Balaban J connectivity index is 1.69. The van der Waals surface area contributed by atoms with Gasteiger partial charge in [-0.2, -0.15) is 5.10 Å². The molecule has 2 amide bonds. The number of hydrogen-bond acceptors (Lipinski definition) is 5. The number of ether oxygens (including phenoxy) is 2. The van der Waals surface area contributed by atoms with Crippen molar-refractivity contribution in [2.75, 3.05) is 23.5 Å². The topological polar surface area (TPSA) is 76.9 Å². The van der Waals surface area contributed by atoms with Crippen LogP contribution >= 0.6 is 0 Å². The lowest BCUT2D eigenvalue weighted by Gasteiger charge is -2.40. The van der Waals surface area contributed by atoms with Crippen LogP contribution in [0, 0.1) is 5.92 Å². The second-order valence-corrected chi connectivity index (χ2v) is 8.68. The molecule has 1 aliphatic carbocycles. The van der Waals surface area contributed by atoms with Gasteiger partial charge < -0.3 is 9.47 Å². The van der Waals surface area contributed by atoms with Crippen molar-refractivity contribution in [2.45, 2.75) is 58.7 Å². The fourth-order valence-electron chi connectivity index (χ4n) is 4.17. The molecule has 8 heteroatoms. The molecule has 0 bridgehead atoms. The van der Waals surface area contributed by atoms with E-state index >= 15 is 0 Å². The van der Waals surface area contributed by atoms with Crippen LogP contribution in [0.15, 0.2) is 30.6 Å². The molecule has 1 saturated carbocycles. The van der Waals surface area contributed by atoms with Gasteiger partial charge >= 0.3 is 12.2 Å². The average molecular weight is 427 g/mol. The van der Waals surface area contributed by atoms with Crippen molar-refractivity contribution in [3.63, 3.8) is 0 Å². The fourth-order valence-corrected chi connectivity index (χ4v) is 4.17. The Morgan fingerprint density at radius 3 is 2.58 bits per heavy atom. The first-order valence-corrected chi connectivity index (χ1v) is 10.9. The summed E-state index contributed by atoms with van der Waals surface area (Å²) < 4.78 is 12.4. The highest BCUT2D eigenvalue weighted by Gasteiger charge is 2.36. The van der Waals surface area contributed by atoms with E-state index in [9.17, 15) is 9.59 Å². The predicted molar refractivity (Wildman–Crippen MR) is 118 cm³/mol. The minimum absolute atomic E-state index is 0.238. The lowest BCUT2D eigenvalue weighted by atomic mass is 9.85. The molecule has 1 aromatic heterocycles. The van der Waals surface area contributed by atoms with Gasteiger partial charge in [0.1, 0.15) is 0 Å².